The Balaban J connectivity index is 3.02. The third-order valence-corrected chi connectivity index (χ3v) is 3.02. The lowest BCUT2D eigenvalue weighted by atomic mass is 10.0. The van der Waals surface area contributed by atoms with Gasteiger partial charge in [-0.2, -0.15) is 0 Å². The zero-order chi connectivity index (χ0) is 15.4. The van der Waals surface area contributed by atoms with Gasteiger partial charge in [0.2, 0.25) is 0 Å². The molecule has 20 heavy (non-hydrogen) atoms. The Morgan fingerprint density at radius 2 is 2.05 bits per heavy atom. The van der Waals surface area contributed by atoms with Crippen LogP contribution < -0.4 is 0 Å². The molecule has 0 aliphatic rings. The van der Waals surface area contributed by atoms with Crippen LogP contribution in [0.3, 0.4) is 0 Å². The van der Waals surface area contributed by atoms with Gasteiger partial charge in [0.25, 0.3) is 0 Å². The van der Waals surface area contributed by atoms with E-state index < -0.39 is 18.0 Å². The quantitative estimate of drug-likeness (QED) is 0.645. The number of aromatic carboxylic acids is 1. The number of aromatic hydroxyl groups is 1. The molecule has 6 heteroatoms. The summed E-state index contributed by atoms with van der Waals surface area (Å²) >= 11 is 5.91. The lowest BCUT2D eigenvalue weighted by Crippen LogP contribution is -2.19. The number of carboxylic acid groups (broad SMARTS) is 1. The predicted molar refractivity (Wildman–Crippen MR) is 74.1 cm³/mol. The fourth-order valence-electron chi connectivity index (χ4n) is 1.62. The van der Waals surface area contributed by atoms with Gasteiger partial charge in [0, 0.05) is 12.0 Å². The van der Waals surface area contributed by atoms with Gasteiger partial charge in [0.15, 0.2) is 0 Å². The van der Waals surface area contributed by atoms with Crippen molar-refractivity contribution >= 4 is 23.5 Å². The molecule has 1 atom stereocenters. The number of hydrogen-bond acceptors (Lipinski definition) is 4. The van der Waals surface area contributed by atoms with Crippen LogP contribution in [0.25, 0.3) is 0 Å². The van der Waals surface area contributed by atoms with Crippen LogP contribution in [0.1, 0.15) is 29.8 Å². The molecule has 0 heterocycles. The fourth-order valence-corrected chi connectivity index (χ4v) is 1.86. The molecule has 108 valence electrons. The van der Waals surface area contributed by atoms with Crippen molar-refractivity contribution in [2.24, 2.45) is 0 Å². The van der Waals surface area contributed by atoms with Crippen LogP contribution in [0.5, 0.6) is 5.75 Å². The summed E-state index contributed by atoms with van der Waals surface area (Å²) in [5.41, 5.74) is 0.435. The van der Waals surface area contributed by atoms with E-state index in [-0.39, 0.29) is 33.9 Å². The highest BCUT2D eigenvalue weighted by Crippen LogP contribution is 2.31. The minimum absolute atomic E-state index is 0.0361. The monoisotopic (exact) mass is 298 g/mol. The lowest BCUT2D eigenvalue weighted by Gasteiger charge is -2.16. The first-order valence-corrected chi connectivity index (χ1v) is 6.22. The molecule has 1 aromatic rings. The van der Waals surface area contributed by atoms with E-state index in [1.165, 1.54) is 19.1 Å². The van der Waals surface area contributed by atoms with Crippen LogP contribution >= 0.6 is 11.6 Å². The Hall–Kier alpha value is -2.01. The zero-order valence-electron chi connectivity index (χ0n) is 11.1. The van der Waals surface area contributed by atoms with E-state index >= 15 is 0 Å². The summed E-state index contributed by atoms with van der Waals surface area (Å²) in [5.74, 6) is -1.95. The molecule has 1 rings (SSSR count). The van der Waals surface area contributed by atoms with Crippen LogP contribution in [0.2, 0.25) is 5.02 Å². The van der Waals surface area contributed by atoms with Crippen molar-refractivity contribution in [3.8, 4) is 5.75 Å². The van der Waals surface area contributed by atoms with Crippen molar-refractivity contribution in [3.05, 3.63) is 40.4 Å². The van der Waals surface area contributed by atoms with E-state index in [4.69, 9.17) is 21.4 Å². The number of carbonyl (C=O) groups is 2. The Bertz CT molecular complexity index is 565. The molecule has 0 radical (unpaired) electrons. The van der Waals surface area contributed by atoms with Gasteiger partial charge in [-0.05, 0) is 31.5 Å². The summed E-state index contributed by atoms with van der Waals surface area (Å²) in [4.78, 5) is 22.5. The molecular weight excluding hydrogens is 284 g/mol. The normalized spacial score (nSPS) is 11.8. The van der Waals surface area contributed by atoms with Crippen molar-refractivity contribution in [1.82, 2.24) is 0 Å². The van der Waals surface area contributed by atoms with Gasteiger partial charge in [-0.3, -0.25) is 0 Å². The first-order valence-electron chi connectivity index (χ1n) is 5.84. The number of phenols is 1. The van der Waals surface area contributed by atoms with Gasteiger partial charge in [-0.25, -0.2) is 9.59 Å². The first kappa shape index (κ1) is 16.0. The molecule has 0 fully saturated rings. The minimum atomic E-state index is -1.17. The lowest BCUT2D eigenvalue weighted by molar-refractivity contribution is -0.143. The van der Waals surface area contributed by atoms with Crippen LogP contribution in [0, 0.1) is 0 Å². The van der Waals surface area contributed by atoms with E-state index in [1.807, 2.05) is 0 Å². The number of carbonyl (C=O) groups excluding carboxylic acids is 1. The highest BCUT2D eigenvalue weighted by atomic mass is 35.5. The van der Waals surface area contributed by atoms with Crippen LogP contribution in [-0.4, -0.2) is 28.3 Å². The summed E-state index contributed by atoms with van der Waals surface area (Å²) in [5, 5.41) is 18.6. The van der Waals surface area contributed by atoms with E-state index in [0.29, 0.717) is 0 Å². The number of carboxylic acids is 1. The van der Waals surface area contributed by atoms with Crippen molar-refractivity contribution in [2.45, 2.75) is 26.4 Å². The molecule has 0 saturated carbocycles. The van der Waals surface area contributed by atoms with Crippen molar-refractivity contribution in [3.63, 3.8) is 0 Å². The average molecular weight is 299 g/mol. The topological polar surface area (TPSA) is 83.8 Å². The summed E-state index contributed by atoms with van der Waals surface area (Å²) in [6.45, 7) is 6.57. The Morgan fingerprint density at radius 3 is 2.55 bits per heavy atom. The second kappa shape index (κ2) is 6.43. The van der Waals surface area contributed by atoms with Crippen LogP contribution in [0.15, 0.2) is 24.3 Å². The number of hydrogen-bond donors (Lipinski definition) is 2. The molecule has 0 aliphatic carbocycles. The minimum Gasteiger partial charge on any atom is -0.506 e. The molecule has 5 nitrogen and oxygen atoms in total. The van der Waals surface area contributed by atoms with Gasteiger partial charge in [-0.1, -0.05) is 18.2 Å². The van der Waals surface area contributed by atoms with Crippen LogP contribution in [0.4, 0.5) is 0 Å². The molecule has 0 aliphatic heterocycles. The van der Waals surface area contributed by atoms with Crippen molar-refractivity contribution < 1.29 is 24.5 Å². The van der Waals surface area contributed by atoms with Gasteiger partial charge in [0.1, 0.15) is 11.9 Å². The number of rotatable bonds is 5. The Kier molecular flexibility index (Phi) is 5.16. The average Bonchev–Trinajstić information content (AvgIpc) is 2.34. The molecule has 0 aromatic heterocycles. The maximum Gasteiger partial charge on any atom is 0.336 e. The van der Waals surface area contributed by atoms with Crippen molar-refractivity contribution in [2.75, 3.05) is 0 Å². The van der Waals surface area contributed by atoms with E-state index in [2.05, 4.69) is 6.58 Å². The van der Waals surface area contributed by atoms with E-state index in [9.17, 15) is 14.7 Å². The number of halogens is 1. The van der Waals surface area contributed by atoms with Gasteiger partial charge in [-0.15, -0.1) is 0 Å². The van der Waals surface area contributed by atoms with E-state index in [0.717, 1.165) is 0 Å². The van der Waals surface area contributed by atoms with Gasteiger partial charge >= 0.3 is 11.9 Å². The third kappa shape index (κ3) is 3.74. The standard InChI is InChI=1S/C14H15ClO5/c1-7(2)14(19)20-8(3)6-10-9(13(17)18)4-5-11(16)12(10)15/h4-5,8,16H,1,6H2,2-3H3,(H,17,18). The molecule has 1 aromatic carbocycles. The van der Waals surface area contributed by atoms with Crippen molar-refractivity contribution in [1.29, 1.82) is 0 Å². The predicted octanol–water partition coefficient (Wildman–Crippen LogP) is 2.79. The maximum atomic E-state index is 11.4. The summed E-state index contributed by atoms with van der Waals surface area (Å²) in [7, 11) is 0. The molecule has 0 saturated heterocycles. The molecule has 1 unspecified atom stereocenters. The number of phenolic OH excluding ortho intramolecular Hbond substituents is 1. The zero-order valence-corrected chi connectivity index (χ0v) is 11.9. The molecule has 0 amide bonds. The first-order chi connectivity index (χ1) is 9.23. The number of esters is 1. The van der Waals surface area contributed by atoms with Crippen LogP contribution in [-0.2, 0) is 16.0 Å². The Morgan fingerprint density at radius 1 is 1.45 bits per heavy atom. The number of ether oxygens (including phenoxy) is 1. The molecule has 0 spiro atoms. The number of benzene rings is 1. The summed E-state index contributed by atoms with van der Waals surface area (Å²) in [6, 6.07) is 2.46. The second-order valence-electron chi connectivity index (χ2n) is 4.43. The Labute approximate surface area is 121 Å². The van der Waals surface area contributed by atoms with Gasteiger partial charge < -0.3 is 14.9 Å². The molecule has 2 N–H and O–H groups in total. The van der Waals surface area contributed by atoms with Gasteiger partial charge in [0.05, 0.1) is 10.6 Å². The summed E-state index contributed by atoms with van der Waals surface area (Å²) < 4.78 is 5.07. The largest absolute Gasteiger partial charge is 0.506 e. The SMILES string of the molecule is C=C(C)C(=O)OC(C)Cc1c(C(=O)O)ccc(O)c1Cl. The van der Waals surface area contributed by atoms with E-state index in [1.54, 1.807) is 6.92 Å². The second-order valence-corrected chi connectivity index (χ2v) is 4.81. The highest BCUT2D eigenvalue weighted by molar-refractivity contribution is 6.33. The highest BCUT2D eigenvalue weighted by Gasteiger charge is 2.20. The fraction of sp³-hybridized carbons (Fsp3) is 0.286. The maximum absolute atomic E-state index is 11.4. The smallest absolute Gasteiger partial charge is 0.336 e. The molecular formula is C14H15ClO5. The summed E-state index contributed by atoms with van der Waals surface area (Å²) in [6.07, 6.45) is -0.523. The third-order valence-electron chi connectivity index (χ3n) is 2.60. The molecule has 0 bridgehead atoms.